The number of hydrogen-bond donors (Lipinski definition) is 2. The highest BCUT2D eigenvalue weighted by atomic mass is 16.5. The molecule has 2 fully saturated rings. The first-order valence-corrected chi connectivity index (χ1v) is 5.96. The van der Waals surface area contributed by atoms with Crippen molar-refractivity contribution in [3.8, 4) is 0 Å². The minimum Gasteiger partial charge on any atom is -0.395 e. The second-order valence-electron chi connectivity index (χ2n) is 4.65. The van der Waals surface area contributed by atoms with E-state index < -0.39 is 5.41 Å². The molecule has 1 saturated carbocycles. The van der Waals surface area contributed by atoms with Crippen molar-refractivity contribution in [2.75, 3.05) is 46.0 Å². The first-order valence-electron chi connectivity index (χ1n) is 5.96. The molecule has 2 aliphatic rings. The number of nitrogens with zero attached hydrogens (tertiary/aromatic N) is 1. The molecule has 0 aromatic heterocycles. The Hall–Kier alpha value is -0.650. The Labute approximate surface area is 95.8 Å². The predicted molar refractivity (Wildman–Crippen MR) is 59.0 cm³/mol. The van der Waals surface area contributed by atoms with Gasteiger partial charge in [0.2, 0.25) is 5.91 Å². The summed E-state index contributed by atoms with van der Waals surface area (Å²) in [6.45, 7) is 4.98. The minimum absolute atomic E-state index is 0.0169. The Kier molecular flexibility index (Phi) is 3.78. The summed E-state index contributed by atoms with van der Waals surface area (Å²) < 4.78 is 5.25. The van der Waals surface area contributed by atoms with Crippen molar-refractivity contribution in [3.05, 3.63) is 0 Å². The van der Waals surface area contributed by atoms with Crippen LogP contribution < -0.4 is 5.32 Å². The van der Waals surface area contributed by atoms with Gasteiger partial charge < -0.3 is 15.2 Å². The van der Waals surface area contributed by atoms with Crippen LogP contribution in [0.1, 0.15) is 12.8 Å². The molecule has 2 rings (SSSR count). The van der Waals surface area contributed by atoms with Gasteiger partial charge in [0.15, 0.2) is 0 Å². The number of amides is 1. The highest BCUT2D eigenvalue weighted by molar-refractivity contribution is 5.85. The molecule has 1 aliphatic heterocycles. The third-order valence-corrected chi connectivity index (χ3v) is 3.46. The van der Waals surface area contributed by atoms with E-state index >= 15 is 0 Å². The zero-order valence-electron chi connectivity index (χ0n) is 9.57. The van der Waals surface area contributed by atoms with Gasteiger partial charge in [0.1, 0.15) is 0 Å². The Morgan fingerprint density at radius 1 is 1.38 bits per heavy atom. The zero-order chi connectivity index (χ0) is 11.4. The number of carbonyl (C=O) groups is 1. The molecule has 1 saturated heterocycles. The Balaban J connectivity index is 1.62. The van der Waals surface area contributed by atoms with Crippen LogP contribution in [0.3, 0.4) is 0 Å². The van der Waals surface area contributed by atoms with E-state index in [2.05, 4.69) is 10.2 Å². The van der Waals surface area contributed by atoms with Gasteiger partial charge >= 0.3 is 0 Å². The van der Waals surface area contributed by atoms with Gasteiger partial charge in [-0.3, -0.25) is 9.69 Å². The van der Waals surface area contributed by atoms with Gasteiger partial charge in [-0.15, -0.1) is 0 Å². The monoisotopic (exact) mass is 228 g/mol. The lowest BCUT2D eigenvalue weighted by Gasteiger charge is -2.26. The molecule has 5 nitrogen and oxygen atoms in total. The van der Waals surface area contributed by atoms with E-state index in [9.17, 15) is 4.79 Å². The van der Waals surface area contributed by atoms with E-state index in [1.807, 2.05) is 0 Å². The van der Waals surface area contributed by atoms with Crippen LogP contribution in [0.25, 0.3) is 0 Å². The second-order valence-corrected chi connectivity index (χ2v) is 4.65. The molecule has 0 radical (unpaired) electrons. The van der Waals surface area contributed by atoms with E-state index in [1.165, 1.54) is 0 Å². The fraction of sp³-hybridized carbons (Fsp3) is 0.909. The number of aliphatic hydroxyl groups excluding tert-OH is 1. The summed E-state index contributed by atoms with van der Waals surface area (Å²) in [6.07, 6.45) is 1.65. The summed E-state index contributed by atoms with van der Waals surface area (Å²) in [5.41, 5.74) is -0.439. The molecule has 5 heteroatoms. The largest absolute Gasteiger partial charge is 0.395 e. The highest BCUT2D eigenvalue weighted by Gasteiger charge is 2.49. The van der Waals surface area contributed by atoms with Crippen LogP contribution >= 0.6 is 0 Å². The number of ether oxygens (including phenoxy) is 1. The predicted octanol–water partition coefficient (Wildman–Crippen LogP) is -0.793. The smallest absolute Gasteiger partial charge is 0.228 e. The molecule has 0 atom stereocenters. The lowest BCUT2D eigenvalue weighted by Crippen LogP contribution is -2.43. The lowest BCUT2D eigenvalue weighted by molar-refractivity contribution is -0.127. The summed E-state index contributed by atoms with van der Waals surface area (Å²) in [4.78, 5) is 14.0. The fourth-order valence-electron chi connectivity index (χ4n) is 1.95. The standard InChI is InChI=1S/C11H20N2O3/c14-9-11(1-2-11)10(15)12-3-4-13-5-7-16-8-6-13/h14H,1-9H2,(H,12,15). The van der Waals surface area contributed by atoms with Crippen LogP contribution in [-0.2, 0) is 9.53 Å². The summed E-state index contributed by atoms with van der Waals surface area (Å²) in [7, 11) is 0. The Morgan fingerprint density at radius 3 is 2.62 bits per heavy atom. The molecule has 0 aromatic rings. The van der Waals surface area contributed by atoms with Crippen molar-refractivity contribution in [2.24, 2.45) is 5.41 Å². The number of aliphatic hydroxyl groups is 1. The van der Waals surface area contributed by atoms with E-state index in [0.29, 0.717) is 6.54 Å². The van der Waals surface area contributed by atoms with Crippen molar-refractivity contribution in [3.63, 3.8) is 0 Å². The molecular formula is C11H20N2O3. The average Bonchev–Trinajstić information content (AvgIpc) is 3.11. The van der Waals surface area contributed by atoms with E-state index in [4.69, 9.17) is 9.84 Å². The quantitative estimate of drug-likeness (QED) is 0.647. The van der Waals surface area contributed by atoms with Crippen molar-refractivity contribution in [1.82, 2.24) is 10.2 Å². The first-order chi connectivity index (χ1) is 7.77. The van der Waals surface area contributed by atoms with Crippen molar-refractivity contribution < 1.29 is 14.6 Å². The maximum absolute atomic E-state index is 11.7. The van der Waals surface area contributed by atoms with Gasteiger partial charge in [-0.2, -0.15) is 0 Å². The first kappa shape index (κ1) is 11.8. The molecule has 92 valence electrons. The van der Waals surface area contributed by atoms with Crippen LogP contribution in [0.15, 0.2) is 0 Å². The topological polar surface area (TPSA) is 61.8 Å². The summed E-state index contributed by atoms with van der Waals surface area (Å²) in [5.74, 6) is 0.0169. The van der Waals surface area contributed by atoms with Crippen LogP contribution in [-0.4, -0.2) is 61.9 Å². The fourth-order valence-corrected chi connectivity index (χ4v) is 1.95. The third-order valence-electron chi connectivity index (χ3n) is 3.46. The minimum atomic E-state index is -0.439. The number of carbonyl (C=O) groups excluding carboxylic acids is 1. The molecule has 0 bridgehead atoms. The summed E-state index contributed by atoms with van der Waals surface area (Å²) in [6, 6.07) is 0. The van der Waals surface area contributed by atoms with Crippen molar-refractivity contribution >= 4 is 5.91 Å². The van der Waals surface area contributed by atoms with Gasteiger partial charge in [-0.25, -0.2) is 0 Å². The molecule has 0 aromatic carbocycles. The summed E-state index contributed by atoms with van der Waals surface area (Å²) in [5, 5.41) is 12.0. The maximum Gasteiger partial charge on any atom is 0.228 e. The van der Waals surface area contributed by atoms with Crippen LogP contribution in [0, 0.1) is 5.41 Å². The van der Waals surface area contributed by atoms with Crippen molar-refractivity contribution in [2.45, 2.75) is 12.8 Å². The number of hydrogen-bond acceptors (Lipinski definition) is 4. The average molecular weight is 228 g/mol. The summed E-state index contributed by atoms with van der Waals surface area (Å²) >= 11 is 0. The molecule has 0 unspecified atom stereocenters. The normalized spacial score (nSPS) is 24.1. The van der Waals surface area contributed by atoms with Gasteiger partial charge in [0, 0.05) is 26.2 Å². The van der Waals surface area contributed by atoms with Crippen molar-refractivity contribution in [1.29, 1.82) is 0 Å². The van der Waals surface area contributed by atoms with Gasteiger partial charge in [-0.05, 0) is 12.8 Å². The van der Waals surface area contributed by atoms with Crippen LogP contribution in [0.2, 0.25) is 0 Å². The molecule has 0 spiro atoms. The van der Waals surface area contributed by atoms with E-state index in [-0.39, 0.29) is 12.5 Å². The van der Waals surface area contributed by atoms with Crippen LogP contribution in [0.5, 0.6) is 0 Å². The lowest BCUT2D eigenvalue weighted by atomic mass is 10.1. The molecular weight excluding hydrogens is 208 g/mol. The second kappa shape index (κ2) is 5.12. The molecule has 2 N–H and O–H groups in total. The highest BCUT2D eigenvalue weighted by Crippen LogP contribution is 2.45. The van der Waals surface area contributed by atoms with Gasteiger partial charge in [0.05, 0.1) is 25.2 Å². The molecule has 1 amide bonds. The SMILES string of the molecule is O=C(NCCN1CCOCC1)C1(CO)CC1. The zero-order valence-corrected chi connectivity index (χ0v) is 9.57. The Morgan fingerprint density at radius 2 is 2.06 bits per heavy atom. The van der Waals surface area contributed by atoms with Crippen LogP contribution in [0.4, 0.5) is 0 Å². The molecule has 1 aliphatic carbocycles. The Bertz CT molecular complexity index is 248. The third kappa shape index (κ3) is 2.72. The molecule has 1 heterocycles. The maximum atomic E-state index is 11.7. The number of rotatable bonds is 5. The van der Waals surface area contributed by atoms with Gasteiger partial charge in [0.25, 0.3) is 0 Å². The number of nitrogens with one attached hydrogen (secondary N) is 1. The van der Waals surface area contributed by atoms with E-state index in [1.54, 1.807) is 0 Å². The molecule has 16 heavy (non-hydrogen) atoms. The van der Waals surface area contributed by atoms with E-state index in [0.717, 1.165) is 45.7 Å². The van der Waals surface area contributed by atoms with Gasteiger partial charge in [-0.1, -0.05) is 0 Å². The number of morpholine rings is 1.